The van der Waals surface area contributed by atoms with Crippen molar-refractivity contribution in [3.05, 3.63) is 21.3 Å². The molecule has 0 aromatic carbocycles. The number of hydrogen-bond donors (Lipinski definition) is 2. The van der Waals surface area contributed by atoms with E-state index >= 15 is 0 Å². The van der Waals surface area contributed by atoms with Crippen molar-refractivity contribution in [2.75, 3.05) is 13.2 Å². The highest BCUT2D eigenvalue weighted by Crippen LogP contribution is 2.21. The molecular weight excluding hydrogens is 222 g/mol. The summed E-state index contributed by atoms with van der Waals surface area (Å²) in [5, 5.41) is 11.2. The molecule has 1 aromatic heterocycles. The van der Waals surface area contributed by atoms with Gasteiger partial charge in [-0.3, -0.25) is 4.79 Å². The predicted octanol–water partition coefficient (Wildman–Crippen LogP) is 1.44. The predicted molar refractivity (Wildman–Crippen MR) is 57.7 cm³/mol. The number of thiophene rings is 1. The number of carbonyl (C=O) groups is 1. The average molecular weight is 234 g/mol. The van der Waals surface area contributed by atoms with Crippen LogP contribution in [0.25, 0.3) is 0 Å². The summed E-state index contributed by atoms with van der Waals surface area (Å²) in [5.74, 6) is -0.0306. The van der Waals surface area contributed by atoms with Gasteiger partial charge in [0.05, 0.1) is 10.8 Å². The molecule has 78 valence electrons. The third kappa shape index (κ3) is 4.09. The second-order valence-electron chi connectivity index (χ2n) is 2.81. The van der Waals surface area contributed by atoms with E-state index in [1.54, 1.807) is 6.07 Å². The fraction of sp³-hybridized carbons (Fsp3) is 0.444. The summed E-state index contributed by atoms with van der Waals surface area (Å²) in [7, 11) is 0. The van der Waals surface area contributed by atoms with Crippen molar-refractivity contribution in [1.29, 1.82) is 0 Å². The normalized spacial score (nSPS) is 10.1. The Morgan fingerprint density at radius 2 is 2.36 bits per heavy atom. The van der Waals surface area contributed by atoms with E-state index in [1.807, 2.05) is 6.07 Å². The van der Waals surface area contributed by atoms with Crippen molar-refractivity contribution in [1.82, 2.24) is 5.32 Å². The van der Waals surface area contributed by atoms with Gasteiger partial charge in [0.2, 0.25) is 5.91 Å². The Morgan fingerprint density at radius 1 is 1.57 bits per heavy atom. The molecule has 2 N–H and O–H groups in total. The Morgan fingerprint density at radius 3 is 2.93 bits per heavy atom. The fourth-order valence-corrected chi connectivity index (χ4v) is 2.06. The second-order valence-corrected chi connectivity index (χ2v) is 4.61. The van der Waals surface area contributed by atoms with Gasteiger partial charge in [0.15, 0.2) is 0 Å². The van der Waals surface area contributed by atoms with Crippen molar-refractivity contribution in [3.63, 3.8) is 0 Å². The van der Waals surface area contributed by atoms with Gasteiger partial charge in [0, 0.05) is 18.0 Å². The molecule has 0 aliphatic heterocycles. The summed E-state index contributed by atoms with van der Waals surface area (Å²) >= 11 is 7.13. The van der Waals surface area contributed by atoms with Gasteiger partial charge >= 0.3 is 0 Å². The van der Waals surface area contributed by atoms with E-state index < -0.39 is 0 Å². The molecule has 0 bridgehead atoms. The second kappa shape index (κ2) is 6.01. The number of hydrogen-bond acceptors (Lipinski definition) is 3. The number of aliphatic hydroxyl groups is 1. The Labute approximate surface area is 91.7 Å². The first-order valence-corrected chi connectivity index (χ1v) is 5.53. The largest absolute Gasteiger partial charge is 0.396 e. The molecule has 0 aliphatic carbocycles. The minimum atomic E-state index is -0.0306. The molecular formula is C9H12ClNO2S. The maximum atomic E-state index is 11.3. The molecule has 0 atom stereocenters. The van der Waals surface area contributed by atoms with Crippen molar-refractivity contribution in [2.45, 2.75) is 12.8 Å². The zero-order valence-electron chi connectivity index (χ0n) is 7.62. The molecule has 0 saturated heterocycles. The molecule has 0 spiro atoms. The molecule has 0 unspecified atom stereocenters. The lowest BCUT2D eigenvalue weighted by Gasteiger charge is -2.01. The van der Waals surface area contributed by atoms with Gasteiger partial charge < -0.3 is 10.4 Å². The van der Waals surface area contributed by atoms with Crippen molar-refractivity contribution >= 4 is 28.8 Å². The molecule has 1 heterocycles. The first kappa shape index (κ1) is 11.5. The van der Waals surface area contributed by atoms with Gasteiger partial charge in [-0.15, -0.1) is 11.3 Å². The monoisotopic (exact) mass is 233 g/mol. The standard InChI is InChI=1S/C9H12ClNO2S/c10-8-3-2-7(14-8)6-9(13)11-4-1-5-12/h2-3,12H,1,4-6H2,(H,11,13). The average Bonchev–Trinajstić information content (AvgIpc) is 2.52. The van der Waals surface area contributed by atoms with Crippen molar-refractivity contribution in [3.8, 4) is 0 Å². The number of nitrogens with one attached hydrogen (secondary N) is 1. The van der Waals surface area contributed by atoms with Gasteiger partial charge in [0.25, 0.3) is 0 Å². The fourth-order valence-electron chi connectivity index (χ4n) is 0.974. The molecule has 0 aliphatic rings. The first-order chi connectivity index (χ1) is 6.72. The quantitative estimate of drug-likeness (QED) is 0.757. The summed E-state index contributed by atoms with van der Waals surface area (Å²) in [5.41, 5.74) is 0. The summed E-state index contributed by atoms with van der Waals surface area (Å²) in [6.07, 6.45) is 0.958. The van der Waals surface area contributed by atoms with E-state index in [4.69, 9.17) is 16.7 Å². The van der Waals surface area contributed by atoms with E-state index in [0.29, 0.717) is 23.7 Å². The lowest BCUT2D eigenvalue weighted by atomic mass is 10.3. The van der Waals surface area contributed by atoms with E-state index in [-0.39, 0.29) is 12.5 Å². The van der Waals surface area contributed by atoms with Gasteiger partial charge in [-0.05, 0) is 18.6 Å². The Bertz CT molecular complexity index is 301. The highest BCUT2D eigenvalue weighted by molar-refractivity contribution is 7.16. The van der Waals surface area contributed by atoms with Gasteiger partial charge in [-0.25, -0.2) is 0 Å². The van der Waals surface area contributed by atoms with Gasteiger partial charge in [-0.1, -0.05) is 11.6 Å². The molecule has 0 fully saturated rings. The van der Waals surface area contributed by atoms with Crippen LogP contribution in [0.1, 0.15) is 11.3 Å². The van der Waals surface area contributed by atoms with E-state index in [9.17, 15) is 4.79 Å². The number of halogens is 1. The summed E-state index contributed by atoms with van der Waals surface area (Å²) in [4.78, 5) is 12.2. The van der Waals surface area contributed by atoms with Crippen molar-refractivity contribution < 1.29 is 9.90 Å². The molecule has 0 saturated carbocycles. The zero-order valence-corrected chi connectivity index (χ0v) is 9.20. The van der Waals surface area contributed by atoms with Crippen LogP contribution in [0.5, 0.6) is 0 Å². The maximum absolute atomic E-state index is 11.3. The van der Waals surface area contributed by atoms with Crippen molar-refractivity contribution in [2.24, 2.45) is 0 Å². The van der Waals surface area contributed by atoms with Gasteiger partial charge in [-0.2, -0.15) is 0 Å². The molecule has 0 radical (unpaired) electrons. The third-order valence-electron chi connectivity index (χ3n) is 1.62. The van der Waals surface area contributed by atoms with E-state index in [1.165, 1.54) is 11.3 Å². The molecule has 14 heavy (non-hydrogen) atoms. The number of rotatable bonds is 5. The number of carbonyl (C=O) groups excluding carboxylic acids is 1. The summed E-state index contributed by atoms with van der Waals surface area (Å²) < 4.78 is 0.697. The van der Waals surface area contributed by atoms with E-state index in [2.05, 4.69) is 5.32 Å². The van der Waals surface area contributed by atoms with Crippen LogP contribution in [0, 0.1) is 0 Å². The summed E-state index contributed by atoms with van der Waals surface area (Å²) in [6, 6.07) is 3.63. The Kier molecular flexibility index (Phi) is 4.93. The molecule has 1 aromatic rings. The van der Waals surface area contributed by atoms with Crippen LogP contribution in [0.15, 0.2) is 12.1 Å². The topological polar surface area (TPSA) is 49.3 Å². The zero-order chi connectivity index (χ0) is 10.4. The Hall–Kier alpha value is -0.580. The molecule has 5 heteroatoms. The summed E-state index contributed by atoms with van der Waals surface area (Å²) in [6.45, 7) is 0.625. The minimum absolute atomic E-state index is 0.0306. The number of amides is 1. The lowest BCUT2D eigenvalue weighted by molar-refractivity contribution is -0.120. The van der Waals surface area contributed by atoms with Crippen LogP contribution in [0.2, 0.25) is 4.34 Å². The van der Waals surface area contributed by atoms with Crippen LogP contribution >= 0.6 is 22.9 Å². The lowest BCUT2D eigenvalue weighted by Crippen LogP contribution is -2.26. The number of aliphatic hydroxyl groups excluding tert-OH is 1. The SMILES string of the molecule is O=C(Cc1ccc(Cl)s1)NCCCO. The van der Waals surface area contributed by atoms with E-state index in [0.717, 1.165) is 4.88 Å². The van der Waals surface area contributed by atoms with Crippen LogP contribution in [-0.2, 0) is 11.2 Å². The van der Waals surface area contributed by atoms with Crippen LogP contribution < -0.4 is 5.32 Å². The Balaban J connectivity index is 2.27. The highest BCUT2D eigenvalue weighted by atomic mass is 35.5. The minimum Gasteiger partial charge on any atom is -0.396 e. The van der Waals surface area contributed by atoms with Crippen LogP contribution in [0.3, 0.4) is 0 Å². The van der Waals surface area contributed by atoms with Crippen LogP contribution in [-0.4, -0.2) is 24.2 Å². The molecule has 1 rings (SSSR count). The smallest absolute Gasteiger partial charge is 0.225 e. The van der Waals surface area contributed by atoms with Crippen LogP contribution in [0.4, 0.5) is 0 Å². The molecule has 1 amide bonds. The van der Waals surface area contributed by atoms with Gasteiger partial charge in [0.1, 0.15) is 0 Å². The molecule has 3 nitrogen and oxygen atoms in total. The first-order valence-electron chi connectivity index (χ1n) is 4.34. The third-order valence-corrected chi connectivity index (χ3v) is 2.85. The highest BCUT2D eigenvalue weighted by Gasteiger charge is 2.04. The maximum Gasteiger partial charge on any atom is 0.225 e.